The van der Waals surface area contributed by atoms with E-state index in [4.69, 9.17) is 4.42 Å². The van der Waals surface area contributed by atoms with Gasteiger partial charge in [-0.25, -0.2) is 4.99 Å². The lowest BCUT2D eigenvalue weighted by atomic mass is 10.1. The largest absolute Gasteiger partial charge is 0.459 e. The van der Waals surface area contributed by atoms with Gasteiger partial charge in [0, 0.05) is 30.6 Å². The number of furan rings is 1. The zero-order valence-electron chi connectivity index (χ0n) is 16.3. The van der Waals surface area contributed by atoms with E-state index in [9.17, 15) is 13.2 Å². The molecule has 1 unspecified atom stereocenters. The number of hydrogen-bond donors (Lipinski definition) is 2. The van der Waals surface area contributed by atoms with Gasteiger partial charge in [0.15, 0.2) is 5.96 Å². The quantitative estimate of drug-likeness (QED) is 0.578. The van der Waals surface area contributed by atoms with Gasteiger partial charge in [0.1, 0.15) is 17.9 Å². The molecule has 28 heavy (non-hydrogen) atoms. The molecule has 0 amide bonds. The van der Waals surface area contributed by atoms with Crippen molar-refractivity contribution in [3.8, 4) is 0 Å². The topological polar surface area (TPSA) is 52.8 Å². The molecule has 0 saturated carbocycles. The Morgan fingerprint density at radius 1 is 1.29 bits per heavy atom. The lowest BCUT2D eigenvalue weighted by Crippen LogP contribution is -2.40. The SMILES string of the molecule is CCNC(=NCc1oc2ccccc2c1C)NCC1CCN(CC(F)(F)F)C1. The summed E-state index contributed by atoms with van der Waals surface area (Å²) in [5.74, 6) is 1.64. The second kappa shape index (κ2) is 8.86. The molecule has 2 heterocycles. The number of likely N-dealkylation sites (tertiary alicyclic amines) is 1. The van der Waals surface area contributed by atoms with Crippen LogP contribution in [0.1, 0.15) is 24.7 Å². The summed E-state index contributed by atoms with van der Waals surface area (Å²) in [6, 6.07) is 7.88. The Kier molecular flexibility index (Phi) is 6.49. The van der Waals surface area contributed by atoms with Gasteiger partial charge in [-0.15, -0.1) is 0 Å². The van der Waals surface area contributed by atoms with Crippen molar-refractivity contribution < 1.29 is 17.6 Å². The lowest BCUT2D eigenvalue weighted by Gasteiger charge is -2.18. The summed E-state index contributed by atoms with van der Waals surface area (Å²) in [5.41, 5.74) is 1.92. The maximum Gasteiger partial charge on any atom is 0.401 e. The normalized spacial score (nSPS) is 18.8. The molecule has 3 rings (SSSR count). The Bertz CT molecular complexity index is 815. The molecule has 1 atom stereocenters. The summed E-state index contributed by atoms with van der Waals surface area (Å²) >= 11 is 0. The van der Waals surface area contributed by atoms with Crippen molar-refractivity contribution in [1.82, 2.24) is 15.5 Å². The first-order valence-corrected chi connectivity index (χ1v) is 9.64. The molecule has 1 aliphatic heterocycles. The van der Waals surface area contributed by atoms with Crippen molar-refractivity contribution in [2.75, 3.05) is 32.7 Å². The van der Waals surface area contributed by atoms with Crippen molar-refractivity contribution in [3.05, 3.63) is 35.6 Å². The standard InChI is InChI=1S/C20H27F3N4O/c1-3-24-19(25-10-15-8-9-27(12-15)13-20(21,22)23)26-11-18-14(2)16-6-4-5-7-17(16)28-18/h4-7,15H,3,8-13H2,1-2H3,(H2,24,25,26). The first-order chi connectivity index (χ1) is 13.4. The van der Waals surface area contributed by atoms with Gasteiger partial charge in [-0.1, -0.05) is 18.2 Å². The van der Waals surface area contributed by atoms with E-state index in [0.717, 1.165) is 28.7 Å². The molecule has 5 nitrogen and oxygen atoms in total. The minimum absolute atomic E-state index is 0.180. The van der Waals surface area contributed by atoms with Crippen molar-refractivity contribution >= 4 is 16.9 Å². The number of halogens is 3. The molecule has 2 aromatic rings. The fourth-order valence-electron chi connectivity index (χ4n) is 3.59. The van der Waals surface area contributed by atoms with Gasteiger partial charge in [-0.2, -0.15) is 13.2 Å². The maximum absolute atomic E-state index is 12.5. The molecule has 1 aliphatic rings. The van der Waals surface area contributed by atoms with Crippen molar-refractivity contribution in [2.45, 2.75) is 33.0 Å². The molecule has 0 spiro atoms. The number of aryl methyl sites for hydroxylation is 1. The molecule has 0 aliphatic carbocycles. The molecule has 1 fully saturated rings. The summed E-state index contributed by atoms with van der Waals surface area (Å²) in [4.78, 5) is 6.05. The molecule has 8 heteroatoms. The Hall–Kier alpha value is -2.22. The van der Waals surface area contributed by atoms with E-state index >= 15 is 0 Å². The van der Waals surface area contributed by atoms with E-state index in [1.54, 1.807) is 0 Å². The van der Waals surface area contributed by atoms with Gasteiger partial charge in [-0.3, -0.25) is 4.90 Å². The average Bonchev–Trinajstić information content (AvgIpc) is 3.20. The molecule has 0 bridgehead atoms. The van der Waals surface area contributed by atoms with Gasteiger partial charge in [-0.05, 0) is 38.8 Å². The van der Waals surface area contributed by atoms with Crippen LogP contribution in [0.4, 0.5) is 13.2 Å². The first kappa shape index (κ1) is 20.5. The fourth-order valence-corrected chi connectivity index (χ4v) is 3.59. The summed E-state index contributed by atoms with van der Waals surface area (Å²) < 4.78 is 43.5. The zero-order valence-corrected chi connectivity index (χ0v) is 16.3. The minimum atomic E-state index is -4.14. The zero-order chi connectivity index (χ0) is 20.1. The van der Waals surface area contributed by atoms with Gasteiger partial charge in [0.2, 0.25) is 0 Å². The number of hydrogen-bond acceptors (Lipinski definition) is 3. The molecule has 1 aromatic heterocycles. The Morgan fingerprint density at radius 3 is 2.79 bits per heavy atom. The first-order valence-electron chi connectivity index (χ1n) is 9.64. The van der Waals surface area contributed by atoms with Crippen LogP contribution >= 0.6 is 0 Å². The molecule has 0 radical (unpaired) electrons. The molecule has 1 aromatic carbocycles. The van der Waals surface area contributed by atoms with Crippen LogP contribution in [-0.4, -0.2) is 49.8 Å². The predicted octanol–water partition coefficient (Wildman–Crippen LogP) is 3.68. The van der Waals surface area contributed by atoms with Crippen molar-refractivity contribution in [3.63, 3.8) is 0 Å². The van der Waals surface area contributed by atoms with E-state index in [2.05, 4.69) is 15.6 Å². The maximum atomic E-state index is 12.5. The number of rotatable bonds is 6. The average molecular weight is 396 g/mol. The van der Waals surface area contributed by atoms with E-state index in [1.165, 1.54) is 4.90 Å². The summed E-state index contributed by atoms with van der Waals surface area (Å²) in [5, 5.41) is 7.53. The third-order valence-corrected chi connectivity index (χ3v) is 5.00. The Labute approximate surface area is 163 Å². The number of nitrogens with one attached hydrogen (secondary N) is 2. The number of fused-ring (bicyclic) bond motifs is 1. The number of nitrogens with zero attached hydrogens (tertiary/aromatic N) is 2. The predicted molar refractivity (Wildman–Crippen MR) is 104 cm³/mol. The minimum Gasteiger partial charge on any atom is -0.459 e. The second-order valence-electron chi connectivity index (χ2n) is 7.23. The number of para-hydroxylation sites is 1. The fraction of sp³-hybridized carbons (Fsp3) is 0.550. The Morgan fingerprint density at radius 2 is 2.07 bits per heavy atom. The summed E-state index contributed by atoms with van der Waals surface area (Å²) in [6.45, 7) is 5.81. The smallest absolute Gasteiger partial charge is 0.401 e. The van der Waals surface area contributed by atoms with Gasteiger partial charge >= 0.3 is 6.18 Å². The highest BCUT2D eigenvalue weighted by molar-refractivity contribution is 5.82. The van der Waals surface area contributed by atoms with E-state index in [1.807, 2.05) is 38.1 Å². The number of guanidine groups is 1. The van der Waals surface area contributed by atoms with Gasteiger partial charge in [0.05, 0.1) is 6.54 Å². The van der Waals surface area contributed by atoms with Crippen LogP contribution in [0.3, 0.4) is 0 Å². The molecule has 2 N–H and O–H groups in total. The second-order valence-corrected chi connectivity index (χ2v) is 7.23. The van der Waals surface area contributed by atoms with Crippen LogP contribution in [0, 0.1) is 12.8 Å². The summed E-state index contributed by atoms with van der Waals surface area (Å²) in [6.07, 6.45) is -3.38. The Balaban J connectivity index is 1.56. The van der Waals surface area contributed by atoms with Crippen LogP contribution in [-0.2, 0) is 6.54 Å². The number of benzene rings is 1. The number of aliphatic imine (C=N–C) groups is 1. The molecule has 1 saturated heterocycles. The van der Waals surface area contributed by atoms with Crippen LogP contribution < -0.4 is 10.6 Å². The third kappa shape index (κ3) is 5.41. The van der Waals surface area contributed by atoms with Crippen LogP contribution in [0.25, 0.3) is 11.0 Å². The van der Waals surface area contributed by atoms with Crippen LogP contribution in [0.15, 0.2) is 33.7 Å². The highest BCUT2D eigenvalue weighted by atomic mass is 19.4. The van der Waals surface area contributed by atoms with E-state index in [0.29, 0.717) is 38.7 Å². The van der Waals surface area contributed by atoms with E-state index in [-0.39, 0.29) is 5.92 Å². The van der Waals surface area contributed by atoms with Crippen LogP contribution in [0.2, 0.25) is 0 Å². The van der Waals surface area contributed by atoms with Gasteiger partial charge < -0.3 is 15.1 Å². The van der Waals surface area contributed by atoms with Crippen molar-refractivity contribution in [2.24, 2.45) is 10.9 Å². The van der Waals surface area contributed by atoms with Gasteiger partial charge in [0.25, 0.3) is 0 Å². The van der Waals surface area contributed by atoms with Crippen molar-refractivity contribution in [1.29, 1.82) is 0 Å². The highest BCUT2D eigenvalue weighted by Gasteiger charge is 2.34. The third-order valence-electron chi connectivity index (χ3n) is 5.00. The summed E-state index contributed by atoms with van der Waals surface area (Å²) in [7, 11) is 0. The molecular formula is C20H27F3N4O. The van der Waals surface area contributed by atoms with E-state index < -0.39 is 12.7 Å². The monoisotopic (exact) mass is 396 g/mol. The highest BCUT2D eigenvalue weighted by Crippen LogP contribution is 2.25. The lowest BCUT2D eigenvalue weighted by molar-refractivity contribution is -0.143. The van der Waals surface area contributed by atoms with Crippen LogP contribution in [0.5, 0.6) is 0 Å². The molecule has 154 valence electrons. The number of alkyl halides is 3. The molecular weight excluding hydrogens is 369 g/mol.